The molecule has 1 aromatic carbocycles. The van der Waals surface area contributed by atoms with Crippen molar-refractivity contribution in [3.63, 3.8) is 0 Å². The smallest absolute Gasteiger partial charge is 0.268 e. The lowest BCUT2D eigenvalue weighted by molar-refractivity contribution is -0.116. The van der Waals surface area contributed by atoms with E-state index in [9.17, 15) is 4.79 Å². The van der Waals surface area contributed by atoms with Crippen molar-refractivity contribution in [2.75, 3.05) is 11.9 Å². The highest BCUT2D eigenvalue weighted by Gasteiger charge is 2.14. The molecule has 0 spiro atoms. The first-order chi connectivity index (χ1) is 10.8. The summed E-state index contributed by atoms with van der Waals surface area (Å²) in [5, 5.41) is 5.82. The second kappa shape index (κ2) is 4.96. The summed E-state index contributed by atoms with van der Waals surface area (Å²) in [5.41, 5.74) is 3.81. The molecule has 0 saturated heterocycles. The van der Waals surface area contributed by atoms with Crippen molar-refractivity contribution in [3.05, 3.63) is 42.7 Å². The minimum absolute atomic E-state index is 0.197. The first-order valence-electron chi connectivity index (χ1n) is 6.80. The van der Waals surface area contributed by atoms with Gasteiger partial charge in [0.15, 0.2) is 0 Å². The fourth-order valence-electron chi connectivity index (χ4n) is 2.33. The lowest BCUT2D eigenvalue weighted by Crippen LogP contribution is -2.27. The van der Waals surface area contributed by atoms with Crippen LogP contribution in [0.4, 0.5) is 5.95 Å². The van der Waals surface area contributed by atoms with Gasteiger partial charge in [0.1, 0.15) is 0 Å². The van der Waals surface area contributed by atoms with E-state index in [1.165, 1.54) is 0 Å². The number of carbonyl (C=O) groups is 1. The Balaban J connectivity index is 1.66. The number of carbonyl (C=O) groups excluding carboxylic acids is 1. The van der Waals surface area contributed by atoms with Crippen LogP contribution in [0, 0.1) is 0 Å². The van der Waals surface area contributed by atoms with Crippen LogP contribution >= 0.6 is 0 Å². The van der Waals surface area contributed by atoms with E-state index in [1.54, 1.807) is 6.20 Å². The lowest BCUT2D eigenvalue weighted by atomic mass is 10.1. The van der Waals surface area contributed by atoms with Crippen molar-refractivity contribution in [1.82, 2.24) is 20.3 Å². The summed E-state index contributed by atoms with van der Waals surface area (Å²) in [6.07, 6.45) is 3.56. The van der Waals surface area contributed by atoms with Gasteiger partial charge in [-0.25, -0.2) is 4.98 Å². The molecule has 22 heavy (non-hydrogen) atoms. The largest absolute Gasteiger partial charge is 0.346 e. The normalized spacial score (nSPS) is 14.0. The Labute approximate surface area is 125 Å². The number of hydrogen-bond acceptors (Lipinski definition) is 5. The Morgan fingerprint density at radius 2 is 2.14 bits per heavy atom. The van der Waals surface area contributed by atoms with E-state index in [0.29, 0.717) is 11.9 Å². The summed E-state index contributed by atoms with van der Waals surface area (Å²) in [6.45, 7) is 0.216. The van der Waals surface area contributed by atoms with Gasteiger partial charge in [-0.3, -0.25) is 15.1 Å². The minimum atomic E-state index is -0.197. The van der Waals surface area contributed by atoms with Crippen molar-refractivity contribution in [2.24, 2.45) is 4.99 Å². The molecule has 0 radical (unpaired) electrons. The molecule has 7 nitrogen and oxygen atoms in total. The van der Waals surface area contributed by atoms with E-state index in [4.69, 9.17) is 0 Å². The number of guanidine groups is 1. The Morgan fingerprint density at radius 1 is 1.18 bits per heavy atom. The molecule has 2 aromatic heterocycles. The molecule has 4 rings (SSSR count). The molecule has 0 atom stereocenters. The molecule has 3 heterocycles. The molecule has 1 aliphatic heterocycles. The number of anilines is 1. The highest BCUT2D eigenvalue weighted by Crippen LogP contribution is 2.23. The number of rotatable bonds is 2. The number of aliphatic imine (C=N–C) groups is 1. The summed E-state index contributed by atoms with van der Waals surface area (Å²) in [6, 6.07) is 9.87. The van der Waals surface area contributed by atoms with Crippen molar-refractivity contribution in [2.45, 2.75) is 0 Å². The quantitative estimate of drug-likeness (QED) is 0.665. The first kappa shape index (κ1) is 12.5. The number of benzene rings is 1. The van der Waals surface area contributed by atoms with Gasteiger partial charge in [0, 0.05) is 18.0 Å². The Bertz CT molecular complexity index is 883. The number of nitrogens with one attached hydrogen (secondary N) is 3. The minimum Gasteiger partial charge on any atom is -0.346 e. The van der Waals surface area contributed by atoms with Gasteiger partial charge in [-0.05, 0) is 23.8 Å². The number of aromatic nitrogens is 3. The molecule has 108 valence electrons. The average molecular weight is 292 g/mol. The maximum atomic E-state index is 11.1. The van der Waals surface area contributed by atoms with E-state index >= 15 is 0 Å². The molecular formula is C15H12N6O. The van der Waals surface area contributed by atoms with Gasteiger partial charge >= 0.3 is 0 Å². The van der Waals surface area contributed by atoms with Gasteiger partial charge < -0.3 is 10.3 Å². The maximum Gasteiger partial charge on any atom is 0.268 e. The molecule has 1 aliphatic rings. The predicted molar refractivity (Wildman–Crippen MR) is 83.4 cm³/mol. The summed E-state index contributed by atoms with van der Waals surface area (Å²) < 4.78 is 0. The van der Waals surface area contributed by atoms with Gasteiger partial charge in [0.25, 0.3) is 5.91 Å². The number of imidazole rings is 1. The molecule has 0 aliphatic carbocycles. The van der Waals surface area contributed by atoms with Crippen molar-refractivity contribution >= 4 is 28.8 Å². The van der Waals surface area contributed by atoms with E-state index in [2.05, 4.69) is 30.6 Å². The van der Waals surface area contributed by atoms with Crippen LogP contribution in [0.1, 0.15) is 0 Å². The van der Waals surface area contributed by atoms with Crippen LogP contribution in [0.3, 0.4) is 0 Å². The van der Waals surface area contributed by atoms with Gasteiger partial charge in [-0.1, -0.05) is 12.1 Å². The van der Waals surface area contributed by atoms with Crippen LogP contribution in [0.25, 0.3) is 22.2 Å². The molecule has 0 unspecified atom stereocenters. The Kier molecular flexibility index (Phi) is 2.82. The fraction of sp³-hybridized carbons (Fsp3) is 0.0667. The third-order valence-corrected chi connectivity index (χ3v) is 3.36. The monoisotopic (exact) mass is 292 g/mol. The zero-order chi connectivity index (χ0) is 14.9. The Hall–Kier alpha value is -3.22. The number of nitrogens with zero attached hydrogens (tertiary/aromatic N) is 3. The van der Waals surface area contributed by atoms with Crippen molar-refractivity contribution in [1.29, 1.82) is 0 Å². The number of pyridine rings is 1. The van der Waals surface area contributed by atoms with E-state index in [0.717, 1.165) is 22.2 Å². The summed E-state index contributed by atoms with van der Waals surface area (Å²) in [7, 11) is 0. The van der Waals surface area contributed by atoms with Crippen molar-refractivity contribution in [3.8, 4) is 11.1 Å². The van der Waals surface area contributed by atoms with Crippen LogP contribution in [-0.4, -0.2) is 33.4 Å². The highest BCUT2D eigenvalue weighted by atomic mass is 16.1. The third kappa shape index (κ3) is 2.28. The number of amides is 1. The molecule has 0 saturated carbocycles. The second-order valence-corrected chi connectivity index (χ2v) is 4.89. The number of fused-ring (bicyclic) bond motifs is 1. The maximum absolute atomic E-state index is 11.1. The average Bonchev–Trinajstić information content (AvgIpc) is 3.13. The van der Waals surface area contributed by atoms with E-state index < -0.39 is 0 Å². The lowest BCUT2D eigenvalue weighted by Gasteiger charge is -2.00. The van der Waals surface area contributed by atoms with E-state index in [-0.39, 0.29) is 12.5 Å². The second-order valence-electron chi connectivity index (χ2n) is 4.89. The summed E-state index contributed by atoms with van der Waals surface area (Å²) in [4.78, 5) is 26.6. The molecule has 0 bridgehead atoms. The molecule has 1 amide bonds. The highest BCUT2D eigenvalue weighted by molar-refractivity contribution is 6.06. The van der Waals surface area contributed by atoms with Crippen LogP contribution < -0.4 is 10.6 Å². The Morgan fingerprint density at radius 3 is 2.91 bits per heavy atom. The molecule has 3 N–H and O–H groups in total. The number of H-pyrrole nitrogens is 1. The fourth-order valence-corrected chi connectivity index (χ4v) is 2.33. The molecular weight excluding hydrogens is 280 g/mol. The van der Waals surface area contributed by atoms with Gasteiger partial charge in [-0.15, -0.1) is 0 Å². The first-order valence-corrected chi connectivity index (χ1v) is 6.80. The topological polar surface area (TPSA) is 95.1 Å². The number of aromatic amines is 1. The predicted octanol–water partition coefficient (Wildman–Crippen LogP) is 1.52. The summed E-state index contributed by atoms with van der Waals surface area (Å²) in [5.74, 6) is 0.758. The summed E-state index contributed by atoms with van der Waals surface area (Å²) >= 11 is 0. The molecule has 3 aromatic rings. The zero-order valence-electron chi connectivity index (χ0n) is 11.5. The van der Waals surface area contributed by atoms with Crippen molar-refractivity contribution < 1.29 is 4.79 Å². The van der Waals surface area contributed by atoms with Crippen LogP contribution in [0.2, 0.25) is 0 Å². The van der Waals surface area contributed by atoms with E-state index in [1.807, 2.05) is 36.5 Å². The SMILES string of the molecule is O=C1CNC(Nc2nc3cc(-c4cccnc4)ccc3[nH]2)=N1. The van der Waals surface area contributed by atoms with Crippen LogP contribution in [-0.2, 0) is 4.79 Å². The zero-order valence-corrected chi connectivity index (χ0v) is 11.5. The number of hydrogen-bond donors (Lipinski definition) is 3. The van der Waals surface area contributed by atoms with Gasteiger partial charge in [0.2, 0.25) is 11.9 Å². The molecule has 0 fully saturated rings. The van der Waals surface area contributed by atoms with Gasteiger partial charge in [0.05, 0.1) is 17.6 Å². The van der Waals surface area contributed by atoms with Crippen LogP contribution in [0.5, 0.6) is 0 Å². The van der Waals surface area contributed by atoms with Gasteiger partial charge in [-0.2, -0.15) is 4.99 Å². The third-order valence-electron chi connectivity index (χ3n) is 3.36. The molecule has 7 heteroatoms. The van der Waals surface area contributed by atoms with Crippen LogP contribution in [0.15, 0.2) is 47.7 Å². The standard InChI is InChI=1S/C15H12N6O/c22-13-8-17-14(20-13)21-15-18-11-4-3-9(6-12(11)19-15)10-2-1-5-16-7-10/h1-7H,8H2,(H3,17,18,19,20,21,22).